The van der Waals surface area contributed by atoms with Crippen molar-refractivity contribution in [1.29, 1.82) is 0 Å². The maximum Gasteiger partial charge on any atom is 0.343 e. The number of benzene rings is 3. The summed E-state index contributed by atoms with van der Waals surface area (Å²) in [5.41, 5.74) is 3.12. The Kier molecular flexibility index (Phi) is 7.32. The molecule has 2 amide bonds. The van der Waals surface area contributed by atoms with Crippen LogP contribution in [0.1, 0.15) is 0 Å². The van der Waals surface area contributed by atoms with E-state index in [1.807, 2.05) is 12.1 Å². The van der Waals surface area contributed by atoms with Gasteiger partial charge in [0, 0.05) is 39.5 Å². The van der Waals surface area contributed by atoms with Gasteiger partial charge in [0.15, 0.2) is 6.61 Å². The number of carbonyl (C=O) groups excluding carboxylic acids is 2. The van der Waals surface area contributed by atoms with Gasteiger partial charge >= 0.3 is 12.0 Å². The highest BCUT2D eigenvalue weighted by molar-refractivity contribution is 6.30. The average molecular weight is 492 g/mol. The molecule has 0 radical (unpaired) electrons. The maximum absolute atomic E-state index is 12.5. The number of aromatic nitrogens is 1. The lowest BCUT2D eigenvalue weighted by Crippen LogP contribution is -2.19. The van der Waals surface area contributed by atoms with Crippen LogP contribution in [0.15, 0.2) is 72.8 Å². The summed E-state index contributed by atoms with van der Waals surface area (Å²) in [5, 5.41) is 6.74. The Bertz CT molecular complexity index is 1390. The molecule has 1 aromatic heterocycles. The van der Waals surface area contributed by atoms with Crippen LogP contribution in [0.5, 0.6) is 11.5 Å². The number of halogens is 1. The van der Waals surface area contributed by atoms with Crippen LogP contribution < -0.4 is 20.1 Å². The lowest BCUT2D eigenvalue weighted by atomic mass is 10.1. The minimum Gasteiger partial charge on any atom is -0.497 e. The second kappa shape index (κ2) is 10.8. The highest BCUT2D eigenvalue weighted by atomic mass is 35.5. The fourth-order valence-corrected chi connectivity index (χ4v) is 3.57. The van der Waals surface area contributed by atoms with E-state index in [2.05, 4.69) is 10.6 Å². The third-order valence-electron chi connectivity index (χ3n) is 5.05. The zero-order valence-electron chi connectivity index (χ0n) is 19.0. The Labute approximate surface area is 206 Å². The Morgan fingerprint density at radius 2 is 1.69 bits per heavy atom. The Hall–Kier alpha value is -4.30. The summed E-state index contributed by atoms with van der Waals surface area (Å²) in [6.07, 6.45) is 0. The molecule has 0 saturated heterocycles. The maximum atomic E-state index is 12.5. The summed E-state index contributed by atoms with van der Waals surface area (Å²) >= 11 is 6.15. The van der Waals surface area contributed by atoms with Gasteiger partial charge in [-0.15, -0.1) is 0 Å². The van der Waals surface area contributed by atoms with Crippen molar-refractivity contribution in [2.45, 2.75) is 0 Å². The largest absolute Gasteiger partial charge is 0.497 e. The number of pyridine rings is 1. The fourth-order valence-electron chi connectivity index (χ4n) is 3.38. The first-order valence-electron chi connectivity index (χ1n) is 10.6. The lowest BCUT2D eigenvalue weighted by Gasteiger charge is -2.13. The minimum absolute atomic E-state index is 0.279. The predicted octanol–water partition coefficient (Wildman–Crippen LogP) is 5.76. The van der Waals surface area contributed by atoms with Crippen molar-refractivity contribution in [3.05, 3.63) is 77.8 Å². The van der Waals surface area contributed by atoms with E-state index in [1.54, 1.807) is 67.8 Å². The predicted molar refractivity (Wildman–Crippen MR) is 135 cm³/mol. The van der Waals surface area contributed by atoms with Crippen LogP contribution in [-0.4, -0.2) is 37.8 Å². The molecule has 0 unspecified atom stereocenters. The molecule has 4 rings (SSSR count). The number of anilines is 2. The molecule has 0 saturated carbocycles. The van der Waals surface area contributed by atoms with E-state index >= 15 is 0 Å². The third kappa shape index (κ3) is 5.99. The minimum atomic E-state index is -0.522. The highest BCUT2D eigenvalue weighted by Gasteiger charge is 2.13. The van der Waals surface area contributed by atoms with Gasteiger partial charge in [-0.25, -0.2) is 14.6 Å². The second-order valence-electron chi connectivity index (χ2n) is 7.42. The van der Waals surface area contributed by atoms with Gasteiger partial charge in [0.05, 0.1) is 25.4 Å². The van der Waals surface area contributed by atoms with E-state index in [-0.39, 0.29) is 6.61 Å². The number of hydrogen-bond acceptors (Lipinski definition) is 6. The van der Waals surface area contributed by atoms with Gasteiger partial charge in [-0.1, -0.05) is 29.8 Å². The molecular weight excluding hydrogens is 470 g/mol. The Morgan fingerprint density at radius 1 is 0.914 bits per heavy atom. The van der Waals surface area contributed by atoms with Gasteiger partial charge in [-0.05, 0) is 42.5 Å². The Balaban J connectivity index is 1.64. The van der Waals surface area contributed by atoms with E-state index in [0.29, 0.717) is 44.5 Å². The molecule has 0 aliphatic heterocycles. The van der Waals surface area contributed by atoms with Gasteiger partial charge in [0.2, 0.25) is 0 Å². The van der Waals surface area contributed by atoms with Crippen molar-refractivity contribution in [2.75, 3.05) is 31.5 Å². The number of fused-ring (bicyclic) bond motifs is 1. The van der Waals surface area contributed by atoms with Crippen molar-refractivity contribution < 1.29 is 23.8 Å². The molecule has 178 valence electrons. The van der Waals surface area contributed by atoms with Crippen molar-refractivity contribution in [2.24, 2.45) is 0 Å². The summed E-state index contributed by atoms with van der Waals surface area (Å²) in [4.78, 5) is 28.9. The van der Waals surface area contributed by atoms with Crippen molar-refractivity contribution in [1.82, 2.24) is 4.98 Å². The van der Waals surface area contributed by atoms with Crippen LogP contribution in [0, 0.1) is 0 Å². The molecule has 35 heavy (non-hydrogen) atoms. The molecule has 0 atom stereocenters. The highest BCUT2D eigenvalue weighted by Crippen LogP contribution is 2.33. The smallest absolute Gasteiger partial charge is 0.343 e. The standard InChI is InChI=1S/C26H22ClN3O5/c1-33-20-8-4-7-18(12-20)28-26(32)29-19-9-10-22-21(13-19)24(35-15-25(31)34-2)14-23(30-22)16-5-3-6-17(27)11-16/h3-14H,15H2,1-2H3,(H2,28,29,32). The number of urea groups is 1. The SMILES string of the molecule is COC(=O)COc1cc(-c2cccc(Cl)c2)nc2ccc(NC(=O)Nc3cccc(OC)c3)cc12. The fraction of sp³-hybridized carbons (Fsp3) is 0.115. The molecule has 9 heteroatoms. The monoisotopic (exact) mass is 491 g/mol. The second-order valence-corrected chi connectivity index (χ2v) is 7.86. The van der Waals surface area contributed by atoms with Crippen LogP contribution in [0.3, 0.4) is 0 Å². The van der Waals surface area contributed by atoms with E-state index < -0.39 is 12.0 Å². The summed E-state index contributed by atoms with van der Waals surface area (Å²) in [7, 11) is 2.84. The summed E-state index contributed by atoms with van der Waals surface area (Å²) < 4.78 is 15.6. The first-order chi connectivity index (χ1) is 16.9. The molecule has 0 fully saturated rings. The molecule has 0 bridgehead atoms. The van der Waals surface area contributed by atoms with E-state index in [4.69, 9.17) is 30.8 Å². The van der Waals surface area contributed by atoms with Gasteiger partial charge < -0.3 is 24.8 Å². The van der Waals surface area contributed by atoms with Crippen LogP contribution >= 0.6 is 11.6 Å². The normalized spacial score (nSPS) is 10.5. The van der Waals surface area contributed by atoms with Crippen LogP contribution in [0.25, 0.3) is 22.2 Å². The molecule has 2 N–H and O–H groups in total. The van der Waals surface area contributed by atoms with Gasteiger partial charge in [0.1, 0.15) is 11.5 Å². The lowest BCUT2D eigenvalue weighted by molar-refractivity contribution is -0.142. The molecule has 1 heterocycles. The topological polar surface area (TPSA) is 98.8 Å². The number of methoxy groups -OCH3 is 2. The number of nitrogens with one attached hydrogen (secondary N) is 2. The summed E-state index contributed by atoms with van der Waals surface area (Å²) in [6, 6.07) is 20.8. The van der Waals surface area contributed by atoms with Gasteiger partial charge in [-0.3, -0.25) is 0 Å². The van der Waals surface area contributed by atoms with Crippen LogP contribution in [0.2, 0.25) is 5.02 Å². The number of amides is 2. The molecule has 8 nitrogen and oxygen atoms in total. The van der Waals surface area contributed by atoms with E-state index in [1.165, 1.54) is 7.11 Å². The number of carbonyl (C=O) groups is 2. The number of hydrogen-bond donors (Lipinski definition) is 2. The molecule has 0 spiro atoms. The average Bonchev–Trinajstić information content (AvgIpc) is 2.87. The van der Waals surface area contributed by atoms with Crippen molar-refractivity contribution in [3.63, 3.8) is 0 Å². The van der Waals surface area contributed by atoms with Crippen molar-refractivity contribution in [3.8, 4) is 22.8 Å². The summed E-state index contributed by atoms with van der Waals surface area (Å²) in [6.45, 7) is -0.279. The van der Waals surface area contributed by atoms with Crippen LogP contribution in [-0.2, 0) is 9.53 Å². The van der Waals surface area contributed by atoms with Gasteiger partial charge in [-0.2, -0.15) is 0 Å². The first-order valence-corrected chi connectivity index (χ1v) is 11.0. The van der Waals surface area contributed by atoms with Crippen LogP contribution in [0.4, 0.5) is 16.2 Å². The molecule has 3 aromatic carbocycles. The molecule has 4 aromatic rings. The molecule has 0 aliphatic rings. The summed E-state index contributed by atoms with van der Waals surface area (Å²) in [5.74, 6) is 0.515. The third-order valence-corrected chi connectivity index (χ3v) is 5.28. The molecular formula is C26H22ClN3O5. The quantitative estimate of drug-likeness (QED) is 0.319. The van der Waals surface area contributed by atoms with Gasteiger partial charge in [0.25, 0.3) is 0 Å². The number of nitrogens with zero attached hydrogens (tertiary/aromatic N) is 1. The number of rotatable bonds is 7. The Morgan fingerprint density at radius 3 is 2.43 bits per heavy atom. The molecule has 0 aliphatic carbocycles. The first kappa shape index (κ1) is 23.8. The number of esters is 1. The number of ether oxygens (including phenoxy) is 3. The zero-order valence-corrected chi connectivity index (χ0v) is 19.8. The zero-order chi connectivity index (χ0) is 24.8. The van der Waals surface area contributed by atoms with E-state index in [9.17, 15) is 9.59 Å². The van der Waals surface area contributed by atoms with Crippen molar-refractivity contribution >= 4 is 45.9 Å². The van der Waals surface area contributed by atoms with E-state index in [0.717, 1.165) is 5.56 Å².